The molecule has 1 N–H and O–H groups in total. The number of aryl methyl sites for hydroxylation is 3. The molecule has 0 aliphatic rings. The van der Waals surface area contributed by atoms with Gasteiger partial charge in [0.1, 0.15) is 11.5 Å². The Labute approximate surface area is 158 Å². The average Bonchev–Trinajstić information content (AvgIpc) is 3.31. The minimum absolute atomic E-state index is 0.0507. The van der Waals surface area contributed by atoms with Gasteiger partial charge in [-0.1, -0.05) is 12.1 Å². The fourth-order valence-electron chi connectivity index (χ4n) is 2.77. The van der Waals surface area contributed by atoms with Gasteiger partial charge in [0.15, 0.2) is 5.13 Å². The van der Waals surface area contributed by atoms with Gasteiger partial charge in [-0.05, 0) is 32.0 Å². The number of hydrogen-bond acceptors (Lipinski definition) is 6. The van der Waals surface area contributed by atoms with E-state index in [1.54, 1.807) is 11.3 Å². The lowest BCUT2D eigenvalue weighted by molar-refractivity contribution is -0.116. The molecule has 1 aromatic carbocycles. The molecule has 0 saturated heterocycles. The normalized spacial score (nSPS) is 11.2. The molecule has 0 spiro atoms. The third kappa shape index (κ3) is 3.54. The molecule has 0 unspecified atom stereocenters. The van der Waals surface area contributed by atoms with Crippen LogP contribution >= 0.6 is 22.7 Å². The monoisotopic (exact) mass is 383 g/mol. The molecule has 5 nitrogen and oxygen atoms in total. The number of fused-ring (bicyclic) bond motifs is 1. The van der Waals surface area contributed by atoms with Gasteiger partial charge in [-0.2, -0.15) is 0 Å². The first-order chi connectivity index (χ1) is 12.6. The van der Waals surface area contributed by atoms with Crippen LogP contribution < -0.4 is 5.32 Å². The number of amides is 1. The largest absolute Gasteiger partial charge is 0.466 e. The standard InChI is InChI=1S/C19H17N3O2S2/c1-11-9-13(12(2)24-11)15-10-25-19(21-15)22-17(23)7-8-18-20-14-5-3-4-6-16(14)26-18/h3-6,9-10H,7-8H2,1-2H3,(H,21,22,23). The summed E-state index contributed by atoms with van der Waals surface area (Å²) in [5.74, 6) is 1.64. The molecule has 0 aliphatic carbocycles. The Morgan fingerprint density at radius 1 is 1.23 bits per heavy atom. The minimum Gasteiger partial charge on any atom is -0.466 e. The molecular weight excluding hydrogens is 366 g/mol. The topological polar surface area (TPSA) is 68.0 Å². The second-order valence-electron chi connectivity index (χ2n) is 5.99. The summed E-state index contributed by atoms with van der Waals surface area (Å²) in [4.78, 5) is 21.3. The van der Waals surface area contributed by atoms with E-state index >= 15 is 0 Å². The Bertz CT molecular complexity index is 1040. The Hall–Kier alpha value is -2.51. The van der Waals surface area contributed by atoms with Gasteiger partial charge in [0, 0.05) is 23.8 Å². The molecule has 3 heterocycles. The number of anilines is 1. The molecule has 0 radical (unpaired) electrons. The van der Waals surface area contributed by atoms with Gasteiger partial charge in [-0.25, -0.2) is 9.97 Å². The summed E-state index contributed by atoms with van der Waals surface area (Å²) in [5.41, 5.74) is 2.78. The molecule has 26 heavy (non-hydrogen) atoms. The first kappa shape index (κ1) is 16.9. The van der Waals surface area contributed by atoms with E-state index in [2.05, 4.69) is 15.3 Å². The van der Waals surface area contributed by atoms with Crippen LogP contribution in [-0.4, -0.2) is 15.9 Å². The summed E-state index contributed by atoms with van der Waals surface area (Å²) < 4.78 is 6.69. The van der Waals surface area contributed by atoms with Crippen molar-refractivity contribution >= 4 is 43.9 Å². The van der Waals surface area contributed by atoms with E-state index in [-0.39, 0.29) is 5.91 Å². The maximum Gasteiger partial charge on any atom is 0.226 e. The molecule has 3 aromatic heterocycles. The van der Waals surface area contributed by atoms with Crippen molar-refractivity contribution in [3.63, 3.8) is 0 Å². The van der Waals surface area contributed by atoms with Crippen molar-refractivity contribution in [2.24, 2.45) is 0 Å². The number of nitrogens with one attached hydrogen (secondary N) is 1. The lowest BCUT2D eigenvalue weighted by Crippen LogP contribution is -2.12. The van der Waals surface area contributed by atoms with Crippen LogP contribution in [0.5, 0.6) is 0 Å². The fraction of sp³-hybridized carbons (Fsp3) is 0.211. The zero-order valence-corrected chi connectivity index (χ0v) is 16.0. The summed E-state index contributed by atoms with van der Waals surface area (Å²) in [6.07, 6.45) is 1.02. The van der Waals surface area contributed by atoms with Gasteiger partial charge in [0.2, 0.25) is 5.91 Å². The van der Waals surface area contributed by atoms with E-state index in [4.69, 9.17) is 4.42 Å². The SMILES string of the molecule is Cc1cc(-c2csc(NC(=O)CCc3nc4ccccc4s3)n2)c(C)o1. The van der Waals surface area contributed by atoms with Crippen molar-refractivity contribution in [2.45, 2.75) is 26.7 Å². The van der Waals surface area contributed by atoms with Crippen LogP contribution in [-0.2, 0) is 11.2 Å². The number of rotatable bonds is 5. The lowest BCUT2D eigenvalue weighted by Gasteiger charge is -1.99. The number of benzene rings is 1. The van der Waals surface area contributed by atoms with Gasteiger partial charge in [0.25, 0.3) is 0 Å². The Morgan fingerprint density at radius 2 is 2.08 bits per heavy atom. The maximum atomic E-state index is 12.2. The van der Waals surface area contributed by atoms with Crippen molar-refractivity contribution in [3.8, 4) is 11.3 Å². The summed E-state index contributed by atoms with van der Waals surface area (Å²) in [6, 6.07) is 9.98. The van der Waals surface area contributed by atoms with Gasteiger partial charge in [-0.3, -0.25) is 4.79 Å². The zero-order valence-electron chi connectivity index (χ0n) is 14.4. The smallest absolute Gasteiger partial charge is 0.226 e. The summed E-state index contributed by atoms with van der Waals surface area (Å²) in [5, 5.41) is 6.39. The summed E-state index contributed by atoms with van der Waals surface area (Å²) in [6.45, 7) is 3.82. The second-order valence-corrected chi connectivity index (χ2v) is 7.96. The van der Waals surface area contributed by atoms with Gasteiger partial charge >= 0.3 is 0 Å². The first-order valence-electron chi connectivity index (χ1n) is 8.26. The molecular formula is C19H17N3O2S2. The number of thiazole rings is 2. The Morgan fingerprint density at radius 3 is 2.85 bits per heavy atom. The first-order valence-corrected chi connectivity index (χ1v) is 9.95. The van der Waals surface area contributed by atoms with E-state index in [0.717, 1.165) is 38.0 Å². The molecule has 0 atom stereocenters. The molecule has 0 fully saturated rings. The van der Waals surface area contributed by atoms with Crippen molar-refractivity contribution in [2.75, 3.05) is 5.32 Å². The van der Waals surface area contributed by atoms with E-state index in [1.807, 2.05) is 49.6 Å². The van der Waals surface area contributed by atoms with Crippen molar-refractivity contribution < 1.29 is 9.21 Å². The predicted octanol–water partition coefficient (Wildman–Crippen LogP) is 5.20. The highest BCUT2D eigenvalue weighted by molar-refractivity contribution is 7.18. The molecule has 0 saturated carbocycles. The highest BCUT2D eigenvalue weighted by Gasteiger charge is 2.13. The van der Waals surface area contributed by atoms with Crippen molar-refractivity contribution in [3.05, 3.63) is 52.2 Å². The van der Waals surface area contributed by atoms with Crippen LogP contribution in [0.3, 0.4) is 0 Å². The molecule has 0 bridgehead atoms. The molecule has 4 rings (SSSR count). The lowest BCUT2D eigenvalue weighted by atomic mass is 10.2. The Balaban J connectivity index is 1.38. The molecule has 132 valence electrons. The number of hydrogen-bond donors (Lipinski definition) is 1. The third-order valence-corrected chi connectivity index (χ3v) is 5.83. The molecule has 1 amide bonds. The van der Waals surface area contributed by atoms with Crippen molar-refractivity contribution in [1.82, 2.24) is 9.97 Å². The molecule has 7 heteroatoms. The number of aromatic nitrogens is 2. The van der Waals surface area contributed by atoms with E-state index in [0.29, 0.717) is 18.0 Å². The van der Waals surface area contributed by atoms with E-state index < -0.39 is 0 Å². The van der Waals surface area contributed by atoms with Crippen molar-refractivity contribution in [1.29, 1.82) is 0 Å². The summed E-state index contributed by atoms with van der Waals surface area (Å²) >= 11 is 3.05. The predicted molar refractivity (Wildman–Crippen MR) is 106 cm³/mol. The average molecular weight is 383 g/mol. The second kappa shape index (κ2) is 7.01. The van der Waals surface area contributed by atoms with Crippen LogP contribution in [0, 0.1) is 13.8 Å². The maximum absolute atomic E-state index is 12.2. The fourth-order valence-corrected chi connectivity index (χ4v) is 4.46. The minimum atomic E-state index is -0.0507. The summed E-state index contributed by atoms with van der Waals surface area (Å²) in [7, 11) is 0. The van der Waals surface area contributed by atoms with E-state index in [9.17, 15) is 4.79 Å². The zero-order chi connectivity index (χ0) is 18.1. The third-order valence-electron chi connectivity index (χ3n) is 3.97. The van der Waals surface area contributed by atoms with Crippen LogP contribution in [0.4, 0.5) is 5.13 Å². The highest BCUT2D eigenvalue weighted by Crippen LogP contribution is 2.29. The van der Waals surface area contributed by atoms with Crippen LogP contribution in [0.15, 0.2) is 40.1 Å². The number of para-hydroxylation sites is 1. The van der Waals surface area contributed by atoms with Gasteiger partial charge < -0.3 is 9.73 Å². The quantitative estimate of drug-likeness (QED) is 0.514. The highest BCUT2D eigenvalue weighted by atomic mass is 32.1. The van der Waals surface area contributed by atoms with Crippen LogP contribution in [0.2, 0.25) is 0 Å². The van der Waals surface area contributed by atoms with Crippen LogP contribution in [0.25, 0.3) is 21.5 Å². The molecule has 4 aromatic rings. The molecule has 0 aliphatic heterocycles. The number of carbonyl (C=O) groups is 1. The Kier molecular flexibility index (Phi) is 4.57. The number of carbonyl (C=O) groups excluding carboxylic acids is 1. The van der Waals surface area contributed by atoms with E-state index in [1.165, 1.54) is 11.3 Å². The van der Waals surface area contributed by atoms with Crippen LogP contribution in [0.1, 0.15) is 22.9 Å². The van der Waals surface area contributed by atoms with Gasteiger partial charge in [-0.15, -0.1) is 22.7 Å². The number of furan rings is 1. The number of nitrogens with zero attached hydrogens (tertiary/aromatic N) is 2. The van der Waals surface area contributed by atoms with Gasteiger partial charge in [0.05, 0.1) is 20.9 Å².